The van der Waals surface area contributed by atoms with E-state index in [9.17, 15) is 0 Å². The summed E-state index contributed by atoms with van der Waals surface area (Å²) in [4.78, 5) is 0. The van der Waals surface area contributed by atoms with E-state index in [2.05, 4.69) is 111 Å². The summed E-state index contributed by atoms with van der Waals surface area (Å²) in [5.74, 6) is 1.23. The lowest BCUT2D eigenvalue weighted by molar-refractivity contribution is 0.394. The Morgan fingerprint density at radius 1 is 0.743 bits per heavy atom. The van der Waals surface area contributed by atoms with Crippen LogP contribution in [0, 0.1) is 5.92 Å². The Balaban J connectivity index is 2.06. The van der Waals surface area contributed by atoms with Gasteiger partial charge in [0.15, 0.2) is 8.07 Å². The second kappa shape index (κ2) is 12.6. The zero-order valence-electron chi connectivity index (χ0n) is 21.3. The molecule has 0 heterocycles. The van der Waals surface area contributed by atoms with Gasteiger partial charge >= 0.3 is 0 Å². The van der Waals surface area contributed by atoms with E-state index in [4.69, 9.17) is 11.6 Å². The highest BCUT2D eigenvalue weighted by molar-refractivity contribution is 7.16. The van der Waals surface area contributed by atoms with Gasteiger partial charge in [-0.2, -0.15) is 0 Å². The summed E-state index contributed by atoms with van der Waals surface area (Å²) in [5, 5.41) is 5.83. The van der Waals surface area contributed by atoms with Gasteiger partial charge in [-0.15, -0.1) is 11.6 Å². The first-order valence-electron chi connectivity index (χ1n) is 13.3. The second-order valence-electron chi connectivity index (χ2n) is 10.1. The molecular formula is C33H39ClSi. The van der Waals surface area contributed by atoms with Gasteiger partial charge in [0.1, 0.15) is 0 Å². The van der Waals surface area contributed by atoms with Crippen LogP contribution in [-0.4, -0.2) is 14.0 Å². The van der Waals surface area contributed by atoms with Gasteiger partial charge in [0.05, 0.1) is 0 Å². The summed E-state index contributed by atoms with van der Waals surface area (Å²) in [6.45, 7) is 4.42. The molecule has 3 aromatic carbocycles. The van der Waals surface area contributed by atoms with Gasteiger partial charge in [-0.25, -0.2) is 0 Å². The maximum absolute atomic E-state index is 7.12. The van der Waals surface area contributed by atoms with Crippen molar-refractivity contribution >= 4 is 35.2 Å². The van der Waals surface area contributed by atoms with Gasteiger partial charge in [-0.3, -0.25) is 0 Å². The number of hydrogen-bond donors (Lipinski definition) is 0. The highest BCUT2D eigenvalue weighted by Crippen LogP contribution is 2.37. The van der Waals surface area contributed by atoms with Crippen molar-refractivity contribution in [3.05, 3.63) is 113 Å². The molecule has 3 aromatic rings. The smallest absolute Gasteiger partial charge is 0.122 e. The van der Waals surface area contributed by atoms with Crippen LogP contribution < -0.4 is 15.6 Å². The predicted octanol–water partition coefficient (Wildman–Crippen LogP) is 7.56. The van der Waals surface area contributed by atoms with E-state index < -0.39 is 8.07 Å². The maximum Gasteiger partial charge on any atom is 0.176 e. The third-order valence-corrected chi connectivity index (χ3v) is 13.2. The van der Waals surface area contributed by atoms with Gasteiger partial charge < -0.3 is 0 Å². The molecule has 0 N–H and O–H groups in total. The molecule has 0 amide bonds. The predicted molar refractivity (Wildman–Crippen MR) is 157 cm³/mol. The molecule has 4 rings (SSSR count). The minimum atomic E-state index is -2.55. The summed E-state index contributed by atoms with van der Waals surface area (Å²) in [6, 6.07) is 33.8. The average Bonchev–Trinajstić information content (AvgIpc) is 2.92. The van der Waals surface area contributed by atoms with Gasteiger partial charge in [0.25, 0.3) is 0 Å². The lowest BCUT2D eigenvalue weighted by Crippen LogP contribution is -2.69. The van der Waals surface area contributed by atoms with Crippen LogP contribution in [0.15, 0.2) is 113 Å². The molecule has 0 radical (unpaired) electrons. The van der Waals surface area contributed by atoms with E-state index in [1.807, 2.05) is 0 Å². The SMILES string of the molecule is CC(C)=CCC/C(=C(/CCl)[Si](c1ccccc1)(c1ccccc1)c1ccccc1)C1CCCCC1. The summed E-state index contributed by atoms with van der Waals surface area (Å²) >= 11 is 7.12. The van der Waals surface area contributed by atoms with Gasteiger partial charge in [-0.05, 0) is 61.0 Å². The Labute approximate surface area is 218 Å². The largest absolute Gasteiger partial charge is 0.176 e. The van der Waals surface area contributed by atoms with Crippen molar-refractivity contribution < 1.29 is 0 Å². The lowest BCUT2D eigenvalue weighted by Gasteiger charge is -2.39. The normalized spacial score (nSPS) is 15.4. The van der Waals surface area contributed by atoms with Crippen molar-refractivity contribution in [2.24, 2.45) is 5.92 Å². The molecule has 0 unspecified atom stereocenters. The molecule has 0 bridgehead atoms. The van der Waals surface area contributed by atoms with Gasteiger partial charge in [-0.1, -0.05) is 133 Å². The lowest BCUT2D eigenvalue weighted by atomic mass is 9.82. The number of alkyl halides is 1. The average molecular weight is 499 g/mol. The van der Waals surface area contributed by atoms with E-state index in [0.717, 1.165) is 12.8 Å². The van der Waals surface area contributed by atoms with Crippen molar-refractivity contribution in [1.29, 1.82) is 0 Å². The number of halogens is 1. The monoisotopic (exact) mass is 498 g/mol. The van der Waals surface area contributed by atoms with Crippen LogP contribution in [0.2, 0.25) is 0 Å². The van der Waals surface area contributed by atoms with Crippen LogP contribution in [0.25, 0.3) is 0 Å². The van der Waals surface area contributed by atoms with Crippen molar-refractivity contribution in [2.75, 3.05) is 5.88 Å². The van der Waals surface area contributed by atoms with E-state index >= 15 is 0 Å². The van der Waals surface area contributed by atoms with Crippen molar-refractivity contribution in [3.8, 4) is 0 Å². The molecule has 0 nitrogen and oxygen atoms in total. The van der Waals surface area contributed by atoms with E-state index in [0.29, 0.717) is 11.8 Å². The minimum absolute atomic E-state index is 0.589. The molecule has 0 atom stereocenters. The van der Waals surface area contributed by atoms with Crippen molar-refractivity contribution in [2.45, 2.75) is 58.8 Å². The Kier molecular flexibility index (Phi) is 9.23. The summed E-state index contributed by atoms with van der Waals surface area (Å²) in [6.07, 6.45) is 11.3. The fourth-order valence-corrected chi connectivity index (χ4v) is 12.0. The fourth-order valence-electron chi connectivity index (χ4n) is 6.08. The molecule has 1 saturated carbocycles. The zero-order valence-corrected chi connectivity index (χ0v) is 23.1. The molecule has 2 heteroatoms. The summed E-state index contributed by atoms with van der Waals surface area (Å²) < 4.78 is 0. The van der Waals surface area contributed by atoms with Crippen LogP contribution in [0.4, 0.5) is 0 Å². The third-order valence-electron chi connectivity index (χ3n) is 7.66. The summed E-state index contributed by atoms with van der Waals surface area (Å²) in [5.41, 5.74) is 3.05. The van der Waals surface area contributed by atoms with E-state index in [1.165, 1.54) is 58.4 Å². The van der Waals surface area contributed by atoms with Crippen LogP contribution in [0.3, 0.4) is 0 Å². The van der Waals surface area contributed by atoms with Crippen LogP contribution in [0.5, 0.6) is 0 Å². The number of benzene rings is 3. The summed E-state index contributed by atoms with van der Waals surface area (Å²) in [7, 11) is -2.55. The molecule has 0 spiro atoms. The molecule has 0 saturated heterocycles. The van der Waals surface area contributed by atoms with Crippen LogP contribution >= 0.6 is 11.6 Å². The van der Waals surface area contributed by atoms with Crippen LogP contribution in [0.1, 0.15) is 58.8 Å². The van der Waals surface area contributed by atoms with E-state index in [1.54, 1.807) is 5.57 Å². The Bertz CT molecular complexity index is 1010. The topological polar surface area (TPSA) is 0 Å². The molecule has 35 heavy (non-hydrogen) atoms. The van der Waals surface area contributed by atoms with E-state index in [-0.39, 0.29) is 0 Å². The molecule has 182 valence electrons. The first kappa shape index (κ1) is 25.7. The molecule has 0 aromatic heterocycles. The number of hydrogen-bond acceptors (Lipinski definition) is 0. The van der Waals surface area contributed by atoms with Gasteiger partial charge in [0.2, 0.25) is 0 Å². The highest BCUT2D eigenvalue weighted by Gasteiger charge is 2.44. The minimum Gasteiger partial charge on any atom is -0.122 e. The van der Waals surface area contributed by atoms with Crippen LogP contribution in [-0.2, 0) is 0 Å². The third kappa shape index (κ3) is 5.73. The first-order chi connectivity index (χ1) is 17.2. The zero-order chi connectivity index (χ0) is 24.5. The Morgan fingerprint density at radius 3 is 1.60 bits per heavy atom. The molecule has 1 aliphatic carbocycles. The maximum atomic E-state index is 7.12. The van der Waals surface area contributed by atoms with Crippen molar-refractivity contribution in [3.63, 3.8) is 0 Å². The number of allylic oxidation sites excluding steroid dienone is 4. The molecule has 1 aliphatic rings. The quantitative estimate of drug-likeness (QED) is 0.123. The Hall–Kier alpha value is -2.35. The molecular weight excluding hydrogens is 460 g/mol. The molecule has 0 aliphatic heterocycles. The van der Waals surface area contributed by atoms with Gasteiger partial charge in [0, 0.05) is 5.88 Å². The second-order valence-corrected chi connectivity index (χ2v) is 14.2. The highest BCUT2D eigenvalue weighted by atomic mass is 35.5. The fraction of sp³-hybridized carbons (Fsp3) is 0.333. The molecule has 1 fully saturated rings. The Morgan fingerprint density at radius 2 is 1.20 bits per heavy atom. The number of rotatable bonds is 9. The standard InChI is InChI=1S/C33H39ClSi/c1-27(2)16-15-25-32(28-17-7-3-8-18-28)33(26-34)35(29-19-9-4-10-20-29,30-21-11-5-12-22-30)31-23-13-6-14-24-31/h4-6,9-14,16,19-24,28H,3,7-8,15,17-18,25-26H2,1-2H3/b33-32+. The first-order valence-corrected chi connectivity index (χ1v) is 15.8. The van der Waals surface area contributed by atoms with Crippen molar-refractivity contribution in [1.82, 2.24) is 0 Å².